The lowest BCUT2D eigenvalue weighted by Crippen LogP contribution is -2.21. The summed E-state index contributed by atoms with van der Waals surface area (Å²) in [7, 11) is 0. The monoisotopic (exact) mass is 332 g/mol. The predicted octanol–water partition coefficient (Wildman–Crippen LogP) is 4.74. The van der Waals surface area contributed by atoms with Crippen molar-refractivity contribution >= 4 is 11.9 Å². The number of nitrogens with zero attached hydrogens (tertiary/aromatic N) is 2. The first-order valence-electron chi connectivity index (χ1n) is 8.21. The molecule has 0 bridgehead atoms. The number of terminal acetylenes is 1. The highest BCUT2D eigenvalue weighted by molar-refractivity contribution is 5.72. The molecule has 0 saturated carbocycles. The lowest BCUT2D eigenvalue weighted by Gasteiger charge is -2.16. The molecular formula is C20H32N2O2. The van der Waals surface area contributed by atoms with Crippen molar-refractivity contribution in [3.63, 3.8) is 0 Å². The van der Waals surface area contributed by atoms with E-state index >= 15 is 0 Å². The second kappa shape index (κ2) is 14.5. The van der Waals surface area contributed by atoms with E-state index in [4.69, 9.17) is 4.74 Å². The van der Waals surface area contributed by atoms with Crippen LogP contribution in [0.25, 0.3) is 5.70 Å². The maximum Gasteiger partial charge on any atom is 0.213 e. The zero-order valence-corrected chi connectivity index (χ0v) is 16.1. The second-order valence-electron chi connectivity index (χ2n) is 5.14. The van der Waals surface area contributed by atoms with Gasteiger partial charge in [-0.3, -0.25) is 4.99 Å². The molecular weight excluding hydrogens is 300 g/mol. The number of pyridine rings is 1. The fourth-order valence-electron chi connectivity index (χ4n) is 1.51. The van der Waals surface area contributed by atoms with Crippen molar-refractivity contribution < 1.29 is 9.84 Å². The first-order valence-corrected chi connectivity index (χ1v) is 8.21. The standard InChI is InChI=1S/C15H22N2O2.C3H4.C2H6/c1-5-13(16-6-2)12-7-9-17-14(11-12)19-10-8-15(3,4)18;1-3-2;1-2/h5-7,9,11,18H,8,10H2,1-4H3;1H,2H3;1-2H3/b13-5-,16-6?;;. The minimum atomic E-state index is -0.724. The summed E-state index contributed by atoms with van der Waals surface area (Å²) in [6.45, 7) is 13.4. The molecule has 0 aliphatic heterocycles. The van der Waals surface area contributed by atoms with Crippen molar-refractivity contribution in [2.24, 2.45) is 4.99 Å². The molecule has 0 atom stereocenters. The first-order chi connectivity index (χ1) is 11.4. The Morgan fingerprint density at radius 2 is 2.00 bits per heavy atom. The van der Waals surface area contributed by atoms with Crippen LogP contribution in [0, 0.1) is 12.3 Å². The quantitative estimate of drug-likeness (QED) is 0.605. The summed E-state index contributed by atoms with van der Waals surface area (Å²) < 4.78 is 5.55. The Morgan fingerprint density at radius 3 is 2.46 bits per heavy atom. The van der Waals surface area contributed by atoms with E-state index < -0.39 is 5.60 Å². The van der Waals surface area contributed by atoms with E-state index in [1.54, 1.807) is 33.2 Å². The lowest BCUT2D eigenvalue weighted by atomic mass is 10.1. The van der Waals surface area contributed by atoms with Crippen LogP contribution in [0.15, 0.2) is 29.4 Å². The fourth-order valence-corrected chi connectivity index (χ4v) is 1.51. The number of aromatic nitrogens is 1. The van der Waals surface area contributed by atoms with Gasteiger partial charge in [0.15, 0.2) is 0 Å². The molecule has 0 fully saturated rings. The van der Waals surface area contributed by atoms with Crippen molar-refractivity contribution in [1.82, 2.24) is 4.98 Å². The van der Waals surface area contributed by atoms with Crippen molar-refractivity contribution in [2.45, 2.75) is 60.5 Å². The van der Waals surface area contributed by atoms with E-state index in [-0.39, 0.29) is 0 Å². The summed E-state index contributed by atoms with van der Waals surface area (Å²) in [5.41, 5.74) is 1.13. The van der Waals surface area contributed by atoms with Crippen LogP contribution in [0.1, 0.15) is 60.5 Å². The third-order valence-corrected chi connectivity index (χ3v) is 2.54. The van der Waals surface area contributed by atoms with E-state index in [0.29, 0.717) is 18.9 Å². The summed E-state index contributed by atoms with van der Waals surface area (Å²) in [5, 5.41) is 9.62. The number of hydrogen-bond acceptors (Lipinski definition) is 4. The van der Waals surface area contributed by atoms with Gasteiger partial charge in [0, 0.05) is 30.5 Å². The highest BCUT2D eigenvalue weighted by atomic mass is 16.5. The molecule has 1 rings (SSSR count). The number of ether oxygens (including phenoxy) is 1. The lowest BCUT2D eigenvalue weighted by molar-refractivity contribution is 0.0547. The fraction of sp³-hybridized carbons (Fsp3) is 0.500. The molecule has 0 aliphatic rings. The van der Waals surface area contributed by atoms with Gasteiger partial charge in [-0.25, -0.2) is 4.98 Å². The molecule has 1 heterocycles. The Labute approximate surface area is 147 Å². The van der Waals surface area contributed by atoms with Gasteiger partial charge in [0.1, 0.15) is 0 Å². The number of aliphatic imine (C=N–C) groups is 1. The summed E-state index contributed by atoms with van der Waals surface area (Å²) >= 11 is 0. The number of hydrogen-bond donors (Lipinski definition) is 1. The van der Waals surface area contributed by atoms with Crippen LogP contribution in [0.3, 0.4) is 0 Å². The van der Waals surface area contributed by atoms with Gasteiger partial charge in [-0.1, -0.05) is 19.9 Å². The summed E-state index contributed by atoms with van der Waals surface area (Å²) in [5.74, 6) is 2.80. The van der Waals surface area contributed by atoms with E-state index in [1.165, 1.54) is 0 Å². The van der Waals surface area contributed by atoms with E-state index in [1.807, 2.05) is 45.9 Å². The van der Waals surface area contributed by atoms with Crippen LogP contribution in [-0.2, 0) is 0 Å². The molecule has 0 radical (unpaired) electrons. The SMILES string of the molecule is C#CC.CC.CC=N/C(=C\C)c1ccnc(OCCC(C)(C)O)c1. The van der Waals surface area contributed by atoms with Crippen LogP contribution in [0.2, 0.25) is 0 Å². The molecule has 0 aromatic carbocycles. The summed E-state index contributed by atoms with van der Waals surface area (Å²) in [4.78, 5) is 8.44. The van der Waals surface area contributed by atoms with Crippen LogP contribution in [0.5, 0.6) is 5.88 Å². The van der Waals surface area contributed by atoms with Crippen LogP contribution < -0.4 is 4.74 Å². The van der Waals surface area contributed by atoms with Gasteiger partial charge in [-0.05, 0) is 40.7 Å². The first kappa shape index (κ1) is 24.1. The molecule has 0 saturated heterocycles. The zero-order chi connectivity index (χ0) is 19.0. The van der Waals surface area contributed by atoms with Gasteiger partial charge in [0.25, 0.3) is 0 Å². The van der Waals surface area contributed by atoms with Gasteiger partial charge >= 0.3 is 0 Å². The van der Waals surface area contributed by atoms with Crippen molar-refractivity contribution in [3.8, 4) is 18.2 Å². The minimum Gasteiger partial charge on any atom is -0.478 e. The van der Waals surface area contributed by atoms with Crippen LogP contribution in [-0.4, -0.2) is 28.5 Å². The van der Waals surface area contributed by atoms with Crippen molar-refractivity contribution in [1.29, 1.82) is 0 Å². The average molecular weight is 332 g/mol. The molecule has 0 unspecified atom stereocenters. The van der Waals surface area contributed by atoms with E-state index in [9.17, 15) is 5.11 Å². The predicted molar refractivity (Wildman–Crippen MR) is 104 cm³/mol. The summed E-state index contributed by atoms with van der Waals surface area (Å²) in [6.07, 6.45) is 10.5. The molecule has 4 nitrogen and oxygen atoms in total. The molecule has 4 heteroatoms. The number of aliphatic hydroxyl groups is 1. The average Bonchev–Trinajstić information content (AvgIpc) is 2.54. The molecule has 0 aliphatic carbocycles. The highest BCUT2D eigenvalue weighted by Crippen LogP contribution is 2.19. The normalized spacial score (nSPS) is 10.9. The Balaban J connectivity index is 0. The van der Waals surface area contributed by atoms with Crippen LogP contribution in [0.4, 0.5) is 0 Å². The van der Waals surface area contributed by atoms with Crippen molar-refractivity contribution in [2.75, 3.05) is 6.61 Å². The number of allylic oxidation sites excluding steroid dienone is 1. The largest absolute Gasteiger partial charge is 0.478 e. The van der Waals surface area contributed by atoms with Gasteiger partial charge < -0.3 is 9.84 Å². The zero-order valence-electron chi connectivity index (χ0n) is 16.1. The Morgan fingerprint density at radius 1 is 1.42 bits per heavy atom. The third kappa shape index (κ3) is 12.4. The van der Waals surface area contributed by atoms with Crippen LogP contribution >= 0.6 is 0 Å². The highest BCUT2D eigenvalue weighted by Gasteiger charge is 2.12. The molecule has 1 N–H and O–H groups in total. The van der Waals surface area contributed by atoms with E-state index in [0.717, 1.165) is 11.3 Å². The Hall–Kier alpha value is -2.12. The summed E-state index contributed by atoms with van der Waals surface area (Å²) in [6, 6.07) is 3.75. The molecule has 24 heavy (non-hydrogen) atoms. The smallest absolute Gasteiger partial charge is 0.213 e. The topological polar surface area (TPSA) is 54.7 Å². The second-order valence-corrected chi connectivity index (χ2v) is 5.14. The Kier molecular flexibility index (Phi) is 14.6. The molecule has 1 aromatic rings. The Bertz CT molecular complexity index is 535. The van der Waals surface area contributed by atoms with Crippen molar-refractivity contribution in [3.05, 3.63) is 30.0 Å². The molecule has 1 aromatic heterocycles. The maximum absolute atomic E-state index is 9.62. The molecule has 134 valence electrons. The van der Waals surface area contributed by atoms with Gasteiger partial charge in [0.2, 0.25) is 5.88 Å². The molecule has 0 spiro atoms. The minimum absolute atomic E-state index is 0.433. The van der Waals surface area contributed by atoms with Gasteiger partial charge in [-0.2, -0.15) is 0 Å². The van der Waals surface area contributed by atoms with Gasteiger partial charge in [-0.15, -0.1) is 12.3 Å². The maximum atomic E-state index is 9.62. The molecule has 0 amide bonds. The van der Waals surface area contributed by atoms with Gasteiger partial charge in [0.05, 0.1) is 17.9 Å². The number of rotatable bonds is 6. The third-order valence-electron chi connectivity index (χ3n) is 2.54. The van der Waals surface area contributed by atoms with E-state index in [2.05, 4.69) is 22.3 Å².